The number of rotatable bonds is 2. The van der Waals surface area contributed by atoms with Gasteiger partial charge in [0.15, 0.2) is 0 Å². The summed E-state index contributed by atoms with van der Waals surface area (Å²) in [4.78, 5) is 0.304. The monoisotopic (exact) mass is 282 g/mol. The van der Waals surface area contributed by atoms with Gasteiger partial charge in [0, 0.05) is 19.1 Å². The number of aliphatic hydroxyl groups excluding tert-OH is 1. The lowest BCUT2D eigenvalue weighted by molar-refractivity contribution is 0.136. The lowest BCUT2D eigenvalue weighted by atomic mass is 10.1. The van der Waals surface area contributed by atoms with E-state index in [4.69, 9.17) is 0 Å². The molecule has 2 fully saturated rings. The highest BCUT2D eigenvalue weighted by Crippen LogP contribution is 2.31. The van der Waals surface area contributed by atoms with Crippen LogP contribution in [-0.2, 0) is 10.0 Å². The summed E-state index contributed by atoms with van der Waals surface area (Å²) in [5.41, 5.74) is 1.03. The maximum atomic E-state index is 12.6. The number of fused-ring (bicyclic) bond motifs is 1. The Morgan fingerprint density at radius 1 is 1.32 bits per heavy atom. The zero-order chi connectivity index (χ0) is 13.6. The Morgan fingerprint density at radius 2 is 2.00 bits per heavy atom. The van der Waals surface area contributed by atoms with Gasteiger partial charge in [-0.15, -0.1) is 0 Å². The van der Waals surface area contributed by atoms with Crippen LogP contribution in [0.15, 0.2) is 29.2 Å². The van der Waals surface area contributed by atoms with Crippen LogP contribution in [0.1, 0.15) is 12.0 Å². The van der Waals surface area contributed by atoms with Gasteiger partial charge in [-0.2, -0.15) is 4.31 Å². The van der Waals surface area contributed by atoms with E-state index in [-0.39, 0.29) is 12.1 Å². The third-order valence-corrected chi connectivity index (χ3v) is 5.93. The fourth-order valence-corrected chi connectivity index (χ4v) is 4.69. The molecular weight excluding hydrogens is 264 g/mol. The number of sulfonamides is 1. The largest absolute Gasteiger partial charge is 0.390 e. The van der Waals surface area contributed by atoms with Gasteiger partial charge in [-0.1, -0.05) is 17.7 Å². The number of aliphatic hydroxyl groups is 1. The highest BCUT2D eigenvalue weighted by molar-refractivity contribution is 7.89. The molecule has 19 heavy (non-hydrogen) atoms. The molecule has 2 aliphatic heterocycles. The van der Waals surface area contributed by atoms with Gasteiger partial charge in [0.25, 0.3) is 0 Å². The van der Waals surface area contributed by atoms with Crippen LogP contribution in [0, 0.1) is 6.92 Å². The van der Waals surface area contributed by atoms with Gasteiger partial charge in [-0.3, -0.25) is 0 Å². The van der Waals surface area contributed by atoms with Gasteiger partial charge in [0.1, 0.15) is 0 Å². The Labute approximate surface area is 113 Å². The lowest BCUT2D eigenvalue weighted by Gasteiger charge is -2.25. The van der Waals surface area contributed by atoms with Crippen LogP contribution in [-0.4, -0.2) is 49.1 Å². The highest BCUT2D eigenvalue weighted by atomic mass is 32.2. The van der Waals surface area contributed by atoms with Crippen molar-refractivity contribution in [3.05, 3.63) is 29.8 Å². The summed E-state index contributed by atoms with van der Waals surface area (Å²) < 4.78 is 26.7. The molecule has 0 spiro atoms. The van der Waals surface area contributed by atoms with Crippen molar-refractivity contribution in [1.82, 2.24) is 9.62 Å². The van der Waals surface area contributed by atoms with E-state index in [2.05, 4.69) is 5.32 Å². The van der Waals surface area contributed by atoms with E-state index in [1.807, 2.05) is 6.92 Å². The first-order valence-electron chi connectivity index (χ1n) is 6.50. The number of β-amino-alcohol motifs (C(OH)–C–C–N with tert-alkyl or cyclic N) is 1. The second-order valence-corrected chi connectivity index (χ2v) is 7.18. The predicted octanol–water partition coefficient (Wildman–Crippen LogP) is 0.0907. The highest BCUT2D eigenvalue weighted by Gasteiger charge is 2.48. The zero-order valence-corrected chi connectivity index (χ0v) is 11.6. The van der Waals surface area contributed by atoms with Gasteiger partial charge < -0.3 is 10.4 Å². The summed E-state index contributed by atoms with van der Waals surface area (Å²) in [6, 6.07) is 6.61. The summed E-state index contributed by atoms with van der Waals surface area (Å²) in [7, 11) is -3.51. The molecule has 6 heteroatoms. The van der Waals surface area contributed by atoms with Gasteiger partial charge in [-0.25, -0.2) is 8.42 Å². The number of nitrogens with one attached hydrogen (secondary N) is 1. The maximum absolute atomic E-state index is 12.6. The smallest absolute Gasteiger partial charge is 0.243 e. The second kappa shape index (κ2) is 4.56. The molecule has 104 valence electrons. The van der Waals surface area contributed by atoms with Crippen molar-refractivity contribution in [2.45, 2.75) is 36.4 Å². The number of nitrogens with zero attached hydrogens (tertiary/aromatic N) is 1. The van der Waals surface area contributed by atoms with E-state index in [1.54, 1.807) is 24.3 Å². The van der Waals surface area contributed by atoms with Crippen molar-refractivity contribution in [2.75, 3.05) is 13.1 Å². The number of aryl methyl sites for hydroxylation is 1. The molecule has 2 aliphatic rings. The fourth-order valence-electron chi connectivity index (χ4n) is 2.99. The molecule has 0 bridgehead atoms. The molecular formula is C13H18N2O3S. The minimum Gasteiger partial charge on any atom is -0.390 e. The van der Waals surface area contributed by atoms with Crippen molar-refractivity contribution in [3.8, 4) is 0 Å². The van der Waals surface area contributed by atoms with Crippen LogP contribution in [0.3, 0.4) is 0 Å². The van der Waals surface area contributed by atoms with Gasteiger partial charge in [0.05, 0.1) is 17.0 Å². The molecule has 3 rings (SSSR count). The van der Waals surface area contributed by atoms with Crippen molar-refractivity contribution in [3.63, 3.8) is 0 Å². The average Bonchev–Trinajstić information content (AvgIpc) is 2.94. The summed E-state index contributed by atoms with van der Waals surface area (Å²) in [5, 5.41) is 13.1. The molecule has 2 N–H and O–H groups in total. The maximum Gasteiger partial charge on any atom is 0.243 e. The predicted molar refractivity (Wildman–Crippen MR) is 71.3 cm³/mol. The Bertz CT molecular complexity index is 570. The standard InChI is InChI=1S/C13H18N2O3S/c1-9-2-4-10(5-3-9)19(17,18)15-7-6-11-13(15)12(16)8-14-11/h2-5,11-14,16H,6-8H2,1H3/t11-,12-,13+/m0/s1. The average molecular weight is 282 g/mol. The molecule has 0 unspecified atom stereocenters. The summed E-state index contributed by atoms with van der Waals surface area (Å²) >= 11 is 0. The lowest BCUT2D eigenvalue weighted by Crippen LogP contribution is -2.44. The minimum absolute atomic E-state index is 0.0789. The van der Waals surface area contributed by atoms with Crippen molar-refractivity contribution < 1.29 is 13.5 Å². The Hall–Kier alpha value is -0.950. The molecule has 0 radical (unpaired) electrons. The molecule has 0 aliphatic carbocycles. The number of hydrogen-bond acceptors (Lipinski definition) is 4. The third kappa shape index (κ3) is 2.08. The van der Waals surface area contributed by atoms with E-state index in [0.717, 1.165) is 12.0 Å². The van der Waals surface area contributed by atoms with Crippen molar-refractivity contribution >= 4 is 10.0 Å². The quantitative estimate of drug-likeness (QED) is 0.806. The molecule has 2 heterocycles. The molecule has 5 nitrogen and oxygen atoms in total. The topological polar surface area (TPSA) is 69.6 Å². The third-order valence-electron chi connectivity index (χ3n) is 4.02. The zero-order valence-electron chi connectivity index (χ0n) is 10.8. The van der Waals surface area contributed by atoms with Crippen LogP contribution in [0.4, 0.5) is 0 Å². The SMILES string of the molecule is Cc1ccc(S(=O)(=O)N2CC[C@@H]3NC[C@H](O)[C@@H]32)cc1. The molecule has 0 amide bonds. The van der Waals surface area contributed by atoms with E-state index in [9.17, 15) is 13.5 Å². The van der Waals surface area contributed by atoms with E-state index in [0.29, 0.717) is 18.0 Å². The normalized spacial score (nSPS) is 31.6. The first-order valence-corrected chi connectivity index (χ1v) is 7.94. The molecule has 1 aromatic rings. The van der Waals surface area contributed by atoms with Crippen LogP contribution >= 0.6 is 0 Å². The van der Waals surface area contributed by atoms with E-state index in [1.165, 1.54) is 4.31 Å². The van der Waals surface area contributed by atoms with Crippen LogP contribution in [0.2, 0.25) is 0 Å². The van der Waals surface area contributed by atoms with Crippen molar-refractivity contribution in [1.29, 1.82) is 0 Å². The van der Waals surface area contributed by atoms with Crippen LogP contribution < -0.4 is 5.32 Å². The first-order chi connectivity index (χ1) is 9.00. The number of hydrogen-bond donors (Lipinski definition) is 2. The molecule has 0 saturated carbocycles. The summed E-state index contributed by atoms with van der Waals surface area (Å²) in [6.45, 7) is 2.86. The molecule has 1 aromatic carbocycles. The van der Waals surface area contributed by atoms with Gasteiger partial charge in [-0.05, 0) is 25.5 Å². The minimum atomic E-state index is -3.51. The number of benzene rings is 1. The Morgan fingerprint density at radius 3 is 2.68 bits per heavy atom. The Balaban J connectivity index is 1.94. The summed E-state index contributed by atoms with van der Waals surface area (Å²) in [6.07, 6.45) is 0.139. The Kier molecular flexibility index (Phi) is 3.13. The molecule has 0 aromatic heterocycles. The van der Waals surface area contributed by atoms with Gasteiger partial charge in [0.2, 0.25) is 10.0 Å². The first kappa shape index (κ1) is 13.1. The second-order valence-electron chi connectivity index (χ2n) is 5.29. The molecule has 3 atom stereocenters. The van der Waals surface area contributed by atoms with Crippen LogP contribution in [0.5, 0.6) is 0 Å². The van der Waals surface area contributed by atoms with Gasteiger partial charge >= 0.3 is 0 Å². The van der Waals surface area contributed by atoms with E-state index >= 15 is 0 Å². The van der Waals surface area contributed by atoms with Crippen molar-refractivity contribution in [2.24, 2.45) is 0 Å². The van der Waals surface area contributed by atoms with Crippen LogP contribution in [0.25, 0.3) is 0 Å². The molecule has 2 saturated heterocycles. The fraction of sp³-hybridized carbons (Fsp3) is 0.538. The van der Waals surface area contributed by atoms with E-state index < -0.39 is 16.1 Å². The summed E-state index contributed by atoms with van der Waals surface area (Å²) in [5.74, 6) is 0.